The van der Waals surface area contributed by atoms with E-state index in [0.717, 1.165) is 12.8 Å². The van der Waals surface area contributed by atoms with Crippen molar-refractivity contribution in [3.63, 3.8) is 0 Å². The van der Waals surface area contributed by atoms with Gasteiger partial charge in [0.25, 0.3) is 0 Å². The van der Waals surface area contributed by atoms with Crippen LogP contribution in [-0.2, 0) is 17.3 Å². The fraction of sp³-hybridized carbons (Fsp3) is 0.0541. The Labute approximate surface area is 448 Å². The van der Waals surface area contributed by atoms with E-state index in [0.29, 0.717) is 0 Å². The number of aromatic amines is 2. The number of allylic oxidation sites excluding steroid dienone is 1. The van der Waals surface area contributed by atoms with Gasteiger partial charge in [-0.05, 0) is 160 Å². The number of hydrogen-bond donors (Lipinski definition) is 2. The standard InChI is InChI=1S/C74H44N2S/c1-2-14-41(15-3-1)42-28-35-65-54(37-42)49-30-33-64-69(71(49)75-65)52-20-8-13-25-61(52)74(64)59-23-11-6-18-47(59)53-36-43(27-32-62(53)74)44-26-29-48-56-39-55-50-31-34-63-70(72(50)76-66(55)40-68(56)77-67(48)38-44)51-19-7-12-24-60(51)73(63)57-21-9-4-16-45(57)46-17-5-10-22-58(46)73/h1-25,27-28,30-40,75-76H,26,29H2. The van der Waals surface area contributed by atoms with Crippen LogP contribution in [0.3, 0.4) is 0 Å². The van der Waals surface area contributed by atoms with E-state index in [1.54, 1.807) is 0 Å². The van der Waals surface area contributed by atoms with Crippen molar-refractivity contribution in [3.05, 3.63) is 285 Å². The van der Waals surface area contributed by atoms with Crippen LogP contribution in [0.4, 0.5) is 0 Å². The maximum absolute atomic E-state index is 4.06. The molecule has 11 aromatic carbocycles. The van der Waals surface area contributed by atoms with Gasteiger partial charge in [0.15, 0.2) is 0 Å². The number of aromatic nitrogens is 2. The Balaban J connectivity index is 0.734. The number of H-pyrrole nitrogens is 2. The Hall–Kier alpha value is -9.28. The molecule has 1 atom stereocenters. The molecule has 0 radical (unpaired) electrons. The van der Waals surface area contributed by atoms with Gasteiger partial charge in [-0.25, -0.2) is 0 Å². The zero-order valence-electron chi connectivity index (χ0n) is 41.8. The first-order chi connectivity index (χ1) is 38.2. The second kappa shape index (κ2) is 14.3. The summed E-state index contributed by atoms with van der Waals surface area (Å²) in [6.45, 7) is 0. The van der Waals surface area contributed by atoms with Gasteiger partial charge in [0.05, 0.1) is 21.9 Å². The van der Waals surface area contributed by atoms with Crippen LogP contribution in [-0.4, -0.2) is 9.97 Å². The zero-order chi connectivity index (χ0) is 49.9. The van der Waals surface area contributed by atoms with Crippen molar-refractivity contribution in [2.45, 2.75) is 23.7 Å². The fourth-order valence-electron chi connectivity index (χ4n) is 15.9. The summed E-state index contributed by atoms with van der Waals surface area (Å²) in [7, 11) is 0. The van der Waals surface area contributed by atoms with Crippen molar-refractivity contribution in [2.75, 3.05) is 0 Å². The average molecular weight is 993 g/mol. The van der Waals surface area contributed by atoms with Crippen molar-refractivity contribution in [1.29, 1.82) is 0 Å². The Morgan fingerprint density at radius 2 is 0.818 bits per heavy atom. The molecule has 3 heterocycles. The van der Waals surface area contributed by atoms with E-state index in [1.165, 1.54) is 175 Å². The summed E-state index contributed by atoms with van der Waals surface area (Å²) < 4.78 is 1.35. The van der Waals surface area contributed by atoms with Gasteiger partial charge in [0.2, 0.25) is 0 Å². The monoisotopic (exact) mass is 992 g/mol. The highest BCUT2D eigenvalue weighted by molar-refractivity contribution is 7.20. The highest BCUT2D eigenvalue weighted by Gasteiger charge is 2.54. The number of rotatable bonds is 2. The van der Waals surface area contributed by atoms with Gasteiger partial charge < -0.3 is 9.97 Å². The second-order valence-corrected chi connectivity index (χ2v) is 23.3. The van der Waals surface area contributed by atoms with E-state index in [4.69, 9.17) is 0 Å². The van der Waals surface area contributed by atoms with E-state index in [2.05, 4.69) is 240 Å². The highest BCUT2D eigenvalue weighted by atomic mass is 32.1. The Morgan fingerprint density at radius 1 is 0.325 bits per heavy atom. The Morgan fingerprint density at radius 3 is 1.44 bits per heavy atom. The molecular weight excluding hydrogens is 949 g/mol. The average Bonchev–Trinajstić information content (AvgIpc) is 4.02. The molecule has 77 heavy (non-hydrogen) atoms. The first-order valence-electron chi connectivity index (χ1n) is 27.2. The van der Waals surface area contributed by atoms with Crippen LogP contribution >= 0.6 is 11.3 Å². The minimum atomic E-state index is -0.429. The lowest BCUT2D eigenvalue weighted by atomic mass is 9.70. The number of nitrogens with one attached hydrogen (secondary N) is 2. The van der Waals surface area contributed by atoms with Gasteiger partial charge in [0, 0.05) is 53.3 Å². The molecule has 0 saturated heterocycles. The summed E-state index contributed by atoms with van der Waals surface area (Å²) in [5, 5.41) is 6.53. The molecule has 3 heteroatoms. The maximum Gasteiger partial charge on any atom is 0.0726 e. The molecule has 0 aliphatic heterocycles. The minimum Gasteiger partial charge on any atom is -0.354 e. The molecule has 5 aliphatic rings. The molecule has 19 rings (SSSR count). The largest absolute Gasteiger partial charge is 0.354 e. The second-order valence-electron chi connectivity index (χ2n) is 22.2. The fourth-order valence-corrected chi connectivity index (χ4v) is 17.2. The molecule has 2 N–H and O–H groups in total. The molecule has 0 fully saturated rings. The quantitative estimate of drug-likeness (QED) is 0.173. The number of hydrogen-bond acceptors (Lipinski definition) is 1. The van der Waals surface area contributed by atoms with E-state index in [-0.39, 0.29) is 5.41 Å². The van der Waals surface area contributed by atoms with Crippen LogP contribution in [0.25, 0.3) is 121 Å². The van der Waals surface area contributed by atoms with E-state index < -0.39 is 5.41 Å². The minimum absolute atomic E-state index is 0.356. The summed E-state index contributed by atoms with van der Waals surface area (Å²) in [5.74, 6) is 0. The molecule has 2 spiro atoms. The van der Waals surface area contributed by atoms with Gasteiger partial charge >= 0.3 is 0 Å². The predicted molar refractivity (Wildman–Crippen MR) is 321 cm³/mol. The van der Waals surface area contributed by atoms with Gasteiger partial charge in [0.1, 0.15) is 0 Å². The number of fused-ring (bicyclic) bond motifs is 31. The molecule has 3 aromatic heterocycles. The third kappa shape index (κ3) is 4.90. The lowest BCUT2D eigenvalue weighted by Gasteiger charge is -2.30. The molecule has 5 aliphatic carbocycles. The van der Waals surface area contributed by atoms with Crippen molar-refractivity contribution >= 4 is 76.7 Å². The summed E-state index contributed by atoms with van der Waals surface area (Å²) >= 11 is 1.95. The molecule has 1 unspecified atom stereocenters. The molecule has 14 aromatic rings. The predicted octanol–water partition coefficient (Wildman–Crippen LogP) is 19.0. The third-order valence-corrected chi connectivity index (χ3v) is 20.1. The van der Waals surface area contributed by atoms with E-state index >= 15 is 0 Å². The van der Waals surface area contributed by atoms with Crippen LogP contribution < -0.4 is 0 Å². The smallest absolute Gasteiger partial charge is 0.0726 e. The summed E-state index contributed by atoms with van der Waals surface area (Å²) in [5.41, 5.74) is 32.4. The normalized spacial score (nSPS) is 16.4. The number of benzene rings is 11. The van der Waals surface area contributed by atoms with Crippen LogP contribution in [0.5, 0.6) is 0 Å². The third-order valence-electron chi connectivity index (χ3n) is 18.9. The SMILES string of the molecule is C1=C(c2ccc3c(c2)-c2ccccc2C32c3ccccc3-c3c2ccc2c3[nH]c3ccc(-c4ccccc4)cc32)CCc2c1sc1cc3[nH]c4c5c(ccc4c3cc21)C1(c2ccccc2-c2ccccc21)c1ccccc1-5. The lowest BCUT2D eigenvalue weighted by Crippen LogP contribution is -2.25. The Kier molecular flexibility index (Phi) is 7.64. The van der Waals surface area contributed by atoms with Gasteiger partial charge in [-0.15, -0.1) is 11.3 Å². The zero-order valence-corrected chi connectivity index (χ0v) is 42.6. The van der Waals surface area contributed by atoms with Gasteiger partial charge in [-0.1, -0.05) is 194 Å². The molecule has 0 saturated carbocycles. The maximum atomic E-state index is 4.06. The number of thiophene rings is 1. The van der Waals surface area contributed by atoms with Crippen molar-refractivity contribution in [3.8, 4) is 55.6 Å². The van der Waals surface area contributed by atoms with Gasteiger partial charge in [-0.3, -0.25) is 0 Å². The van der Waals surface area contributed by atoms with Gasteiger partial charge in [-0.2, -0.15) is 0 Å². The van der Waals surface area contributed by atoms with E-state index in [1.807, 2.05) is 11.3 Å². The summed E-state index contributed by atoms with van der Waals surface area (Å²) in [4.78, 5) is 9.40. The Bertz CT molecular complexity index is 5010. The molecule has 2 nitrogen and oxygen atoms in total. The molecule has 356 valence electrons. The molecule has 0 bridgehead atoms. The summed E-state index contributed by atoms with van der Waals surface area (Å²) in [6, 6.07) is 85.5. The van der Waals surface area contributed by atoms with Crippen LogP contribution in [0.1, 0.15) is 66.9 Å². The highest BCUT2D eigenvalue weighted by Crippen LogP contribution is 2.66. The molecule has 0 amide bonds. The lowest BCUT2D eigenvalue weighted by molar-refractivity contribution is 0.794. The van der Waals surface area contributed by atoms with Crippen molar-refractivity contribution in [1.82, 2.24) is 9.97 Å². The topological polar surface area (TPSA) is 31.6 Å². The van der Waals surface area contributed by atoms with Crippen LogP contribution in [0, 0.1) is 0 Å². The number of aryl methyl sites for hydroxylation is 1. The first-order valence-corrected chi connectivity index (χ1v) is 28.0. The first kappa shape index (κ1) is 41.0. The van der Waals surface area contributed by atoms with E-state index in [9.17, 15) is 0 Å². The van der Waals surface area contributed by atoms with Crippen LogP contribution in [0.2, 0.25) is 0 Å². The van der Waals surface area contributed by atoms with Crippen LogP contribution in [0.15, 0.2) is 224 Å². The molecular formula is C74H44N2S. The van der Waals surface area contributed by atoms with Crippen molar-refractivity contribution in [2.24, 2.45) is 0 Å². The van der Waals surface area contributed by atoms with Crippen molar-refractivity contribution < 1.29 is 0 Å². The summed E-state index contributed by atoms with van der Waals surface area (Å²) in [6.07, 6.45) is 4.54.